The molecule has 18 heavy (non-hydrogen) atoms. The van der Waals surface area contributed by atoms with E-state index in [1.807, 2.05) is 0 Å². The van der Waals surface area contributed by atoms with Crippen molar-refractivity contribution in [3.05, 3.63) is 12.4 Å². The molecule has 7 nitrogen and oxygen atoms in total. The van der Waals surface area contributed by atoms with Crippen LogP contribution in [0.15, 0.2) is 12.4 Å². The molecule has 0 radical (unpaired) electrons. The Kier molecular flexibility index (Phi) is 3.81. The van der Waals surface area contributed by atoms with Gasteiger partial charge in [-0.15, -0.1) is 0 Å². The smallest absolute Gasteiger partial charge is 0.321 e. The molecule has 0 aromatic carbocycles. The number of urea groups is 1. The summed E-state index contributed by atoms with van der Waals surface area (Å²) < 4.78 is 0. The molecular formula is C11H16N4O3. The van der Waals surface area contributed by atoms with Crippen molar-refractivity contribution in [1.29, 1.82) is 0 Å². The Morgan fingerprint density at radius 3 is 3.11 bits per heavy atom. The van der Waals surface area contributed by atoms with Crippen LogP contribution in [-0.4, -0.2) is 45.3 Å². The Hall–Kier alpha value is -2.05. The van der Waals surface area contributed by atoms with Crippen LogP contribution in [0.25, 0.3) is 0 Å². The maximum Gasteiger partial charge on any atom is 0.321 e. The van der Waals surface area contributed by atoms with Crippen molar-refractivity contribution in [2.24, 2.45) is 5.92 Å². The molecule has 1 aromatic heterocycles. The molecule has 3 N–H and O–H groups in total. The Balaban J connectivity index is 1.77. The van der Waals surface area contributed by atoms with E-state index in [2.05, 4.69) is 15.5 Å². The number of aromatic amines is 1. The fourth-order valence-electron chi connectivity index (χ4n) is 2.10. The van der Waals surface area contributed by atoms with Crippen LogP contribution in [0.3, 0.4) is 0 Å². The lowest BCUT2D eigenvalue weighted by atomic mass is 10.0. The molecule has 1 aromatic rings. The molecule has 2 amide bonds. The third-order valence-corrected chi connectivity index (χ3v) is 3.09. The van der Waals surface area contributed by atoms with Gasteiger partial charge in [-0.05, 0) is 18.8 Å². The molecule has 1 saturated heterocycles. The molecule has 0 aliphatic carbocycles. The molecular weight excluding hydrogens is 236 g/mol. The van der Waals surface area contributed by atoms with Gasteiger partial charge in [0, 0.05) is 25.7 Å². The van der Waals surface area contributed by atoms with Gasteiger partial charge in [-0.2, -0.15) is 5.10 Å². The average Bonchev–Trinajstić information content (AvgIpc) is 2.96. The van der Waals surface area contributed by atoms with Crippen molar-refractivity contribution in [3.8, 4) is 0 Å². The average molecular weight is 252 g/mol. The predicted molar refractivity (Wildman–Crippen MR) is 64.2 cm³/mol. The number of nitrogens with zero attached hydrogens (tertiary/aromatic N) is 2. The first-order chi connectivity index (χ1) is 8.65. The van der Waals surface area contributed by atoms with Gasteiger partial charge in [0.25, 0.3) is 0 Å². The van der Waals surface area contributed by atoms with E-state index in [1.165, 1.54) is 6.20 Å². The number of carbonyl (C=O) groups is 2. The van der Waals surface area contributed by atoms with Gasteiger partial charge in [0.05, 0.1) is 11.9 Å². The largest absolute Gasteiger partial charge is 0.481 e. The van der Waals surface area contributed by atoms with Gasteiger partial charge >= 0.3 is 12.0 Å². The van der Waals surface area contributed by atoms with Gasteiger partial charge in [-0.25, -0.2) is 4.79 Å². The van der Waals surface area contributed by atoms with Gasteiger partial charge < -0.3 is 15.3 Å². The summed E-state index contributed by atoms with van der Waals surface area (Å²) in [6.45, 7) is 1.30. The summed E-state index contributed by atoms with van der Waals surface area (Å²) in [7, 11) is 0. The van der Waals surface area contributed by atoms with E-state index < -0.39 is 5.97 Å². The van der Waals surface area contributed by atoms with Crippen molar-refractivity contribution < 1.29 is 14.7 Å². The number of amides is 2. The quantitative estimate of drug-likeness (QED) is 0.748. The molecule has 1 unspecified atom stereocenters. The number of rotatable bonds is 4. The number of carboxylic acids is 1. The number of aromatic nitrogens is 2. The van der Waals surface area contributed by atoms with Crippen LogP contribution in [0.4, 0.5) is 10.5 Å². The van der Waals surface area contributed by atoms with Crippen molar-refractivity contribution >= 4 is 17.7 Å². The first-order valence-corrected chi connectivity index (χ1v) is 5.91. The number of anilines is 1. The Morgan fingerprint density at radius 1 is 1.61 bits per heavy atom. The van der Waals surface area contributed by atoms with Crippen LogP contribution in [0.5, 0.6) is 0 Å². The van der Waals surface area contributed by atoms with Crippen molar-refractivity contribution in [2.75, 3.05) is 18.4 Å². The highest BCUT2D eigenvalue weighted by atomic mass is 16.4. The maximum atomic E-state index is 11.9. The summed E-state index contributed by atoms with van der Waals surface area (Å²) in [5.74, 6) is -0.493. The highest BCUT2D eigenvalue weighted by molar-refractivity contribution is 5.89. The summed E-state index contributed by atoms with van der Waals surface area (Å²) in [4.78, 5) is 24.0. The summed E-state index contributed by atoms with van der Waals surface area (Å²) in [6, 6.07) is -0.158. The third kappa shape index (κ3) is 3.22. The lowest BCUT2D eigenvalue weighted by molar-refractivity contribution is -0.137. The predicted octanol–water partition coefficient (Wildman–Crippen LogP) is 1.13. The normalized spacial score (nSPS) is 18.9. The summed E-state index contributed by atoms with van der Waals surface area (Å²) in [5.41, 5.74) is 0.633. The van der Waals surface area contributed by atoms with Crippen LogP contribution in [0.1, 0.15) is 19.3 Å². The van der Waals surface area contributed by atoms with Crippen molar-refractivity contribution in [1.82, 2.24) is 15.1 Å². The molecule has 2 rings (SSSR count). The second kappa shape index (κ2) is 5.52. The van der Waals surface area contributed by atoms with Crippen LogP contribution in [0, 0.1) is 5.92 Å². The minimum absolute atomic E-state index is 0.158. The number of H-pyrrole nitrogens is 1. The van der Waals surface area contributed by atoms with E-state index in [-0.39, 0.29) is 18.4 Å². The monoisotopic (exact) mass is 252 g/mol. The van der Waals surface area contributed by atoms with Crippen molar-refractivity contribution in [3.63, 3.8) is 0 Å². The molecule has 98 valence electrons. The molecule has 0 bridgehead atoms. The van der Waals surface area contributed by atoms with Crippen LogP contribution < -0.4 is 5.32 Å². The standard InChI is InChI=1S/C11H16N4O3/c16-10(17)2-1-8-3-4-15(7-8)11(18)14-9-5-12-13-6-9/h5-6,8H,1-4,7H2,(H,12,13)(H,14,18)(H,16,17). The first kappa shape index (κ1) is 12.4. The molecule has 1 aliphatic rings. The number of aliphatic carboxylic acids is 1. The van der Waals surface area contributed by atoms with Gasteiger partial charge in [0.15, 0.2) is 0 Å². The van der Waals surface area contributed by atoms with E-state index in [9.17, 15) is 9.59 Å². The second-order valence-corrected chi connectivity index (χ2v) is 4.45. The molecule has 1 atom stereocenters. The highest BCUT2D eigenvalue weighted by Gasteiger charge is 2.26. The van der Waals surface area contributed by atoms with Gasteiger partial charge in [-0.1, -0.05) is 0 Å². The summed E-state index contributed by atoms with van der Waals surface area (Å²) in [6.07, 6.45) is 4.81. The Morgan fingerprint density at radius 2 is 2.44 bits per heavy atom. The van der Waals surface area contributed by atoms with E-state index in [0.717, 1.165) is 6.42 Å². The molecule has 1 aliphatic heterocycles. The van der Waals surface area contributed by atoms with Gasteiger partial charge in [-0.3, -0.25) is 9.89 Å². The lowest BCUT2D eigenvalue weighted by Crippen LogP contribution is -2.32. The minimum Gasteiger partial charge on any atom is -0.481 e. The topological polar surface area (TPSA) is 98.3 Å². The van der Waals surface area contributed by atoms with E-state index in [0.29, 0.717) is 25.2 Å². The molecule has 2 heterocycles. The Labute approximate surface area is 104 Å². The second-order valence-electron chi connectivity index (χ2n) is 4.45. The molecule has 1 fully saturated rings. The fourth-order valence-corrected chi connectivity index (χ4v) is 2.10. The first-order valence-electron chi connectivity index (χ1n) is 5.91. The fraction of sp³-hybridized carbons (Fsp3) is 0.545. The SMILES string of the molecule is O=C(O)CCC1CCN(C(=O)Nc2cn[nH]c2)C1. The van der Waals surface area contributed by atoms with Crippen molar-refractivity contribution in [2.45, 2.75) is 19.3 Å². The third-order valence-electron chi connectivity index (χ3n) is 3.09. The zero-order chi connectivity index (χ0) is 13.0. The molecule has 7 heteroatoms. The Bertz CT molecular complexity index is 418. The minimum atomic E-state index is -0.781. The number of hydrogen-bond acceptors (Lipinski definition) is 3. The number of likely N-dealkylation sites (tertiary alicyclic amines) is 1. The lowest BCUT2D eigenvalue weighted by Gasteiger charge is -2.16. The molecule has 0 spiro atoms. The number of nitrogens with one attached hydrogen (secondary N) is 2. The van der Waals surface area contributed by atoms with E-state index in [4.69, 9.17) is 5.11 Å². The van der Waals surface area contributed by atoms with E-state index >= 15 is 0 Å². The maximum absolute atomic E-state index is 11.9. The zero-order valence-electron chi connectivity index (χ0n) is 9.93. The van der Waals surface area contributed by atoms with Crippen LogP contribution in [-0.2, 0) is 4.79 Å². The summed E-state index contributed by atoms with van der Waals surface area (Å²) in [5, 5.41) is 17.7. The zero-order valence-corrected chi connectivity index (χ0v) is 9.93. The summed E-state index contributed by atoms with van der Waals surface area (Å²) >= 11 is 0. The molecule has 0 saturated carbocycles. The van der Waals surface area contributed by atoms with Crippen LogP contribution >= 0.6 is 0 Å². The number of carboxylic acid groups (broad SMARTS) is 1. The van der Waals surface area contributed by atoms with E-state index in [1.54, 1.807) is 11.1 Å². The number of hydrogen-bond donors (Lipinski definition) is 3. The van der Waals surface area contributed by atoms with Crippen LogP contribution in [0.2, 0.25) is 0 Å². The van der Waals surface area contributed by atoms with Gasteiger partial charge in [0.2, 0.25) is 0 Å². The van der Waals surface area contributed by atoms with Gasteiger partial charge in [0.1, 0.15) is 0 Å². The highest BCUT2D eigenvalue weighted by Crippen LogP contribution is 2.21. The number of carbonyl (C=O) groups excluding carboxylic acids is 1.